The van der Waals surface area contributed by atoms with Gasteiger partial charge < -0.3 is 9.64 Å². The van der Waals surface area contributed by atoms with Gasteiger partial charge in [0, 0.05) is 13.6 Å². The molecule has 2 heterocycles. The molecule has 0 fully saturated rings. The van der Waals surface area contributed by atoms with Crippen LogP contribution in [0.3, 0.4) is 0 Å². The molecule has 0 spiro atoms. The number of hydrogen-bond donors (Lipinski definition) is 0. The fourth-order valence-electron chi connectivity index (χ4n) is 2.50. The van der Waals surface area contributed by atoms with Crippen LogP contribution in [0.1, 0.15) is 33.1 Å². The van der Waals surface area contributed by atoms with Crippen LogP contribution in [0.2, 0.25) is 0 Å². The van der Waals surface area contributed by atoms with Crippen LogP contribution in [0.15, 0.2) is 24.3 Å². The van der Waals surface area contributed by atoms with Crippen LogP contribution < -0.4 is 4.74 Å². The van der Waals surface area contributed by atoms with Crippen molar-refractivity contribution in [1.29, 1.82) is 0 Å². The number of ether oxygens (including phenoxy) is 1. The van der Waals surface area contributed by atoms with Crippen molar-refractivity contribution in [3.63, 3.8) is 0 Å². The number of nitrogens with zero attached hydrogens (tertiary/aromatic N) is 6. The number of aromatic nitrogens is 5. The van der Waals surface area contributed by atoms with Crippen molar-refractivity contribution in [2.45, 2.75) is 26.9 Å². The summed E-state index contributed by atoms with van der Waals surface area (Å²) in [7, 11) is 3.37. The van der Waals surface area contributed by atoms with E-state index in [1.807, 2.05) is 38.1 Å². The summed E-state index contributed by atoms with van der Waals surface area (Å²) >= 11 is 1.17. The molecule has 136 valence electrons. The quantitative estimate of drug-likeness (QED) is 0.658. The highest BCUT2D eigenvalue weighted by molar-refractivity contribution is 6.99. The molecule has 2 aromatic heterocycles. The van der Waals surface area contributed by atoms with E-state index in [2.05, 4.69) is 19.1 Å². The van der Waals surface area contributed by atoms with Crippen LogP contribution in [0.4, 0.5) is 0 Å². The Labute approximate surface area is 155 Å². The number of amides is 1. The number of carbonyl (C=O) groups excluding carboxylic acids is 1. The Kier molecular flexibility index (Phi) is 5.27. The van der Waals surface area contributed by atoms with Gasteiger partial charge in [0.05, 0.1) is 42.5 Å². The summed E-state index contributed by atoms with van der Waals surface area (Å²) in [5.41, 5.74) is 3.78. The minimum Gasteiger partial charge on any atom is -0.497 e. The van der Waals surface area contributed by atoms with E-state index in [0.29, 0.717) is 24.5 Å². The molecule has 8 nitrogen and oxygen atoms in total. The molecule has 0 aliphatic carbocycles. The van der Waals surface area contributed by atoms with Gasteiger partial charge in [-0.3, -0.25) is 4.79 Å². The molecule has 0 saturated carbocycles. The van der Waals surface area contributed by atoms with Crippen LogP contribution in [0.5, 0.6) is 5.75 Å². The summed E-state index contributed by atoms with van der Waals surface area (Å²) < 4.78 is 15.2. The van der Waals surface area contributed by atoms with Crippen molar-refractivity contribution in [2.24, 2.45) is 0 Å². The van der Waals surface area contributed by atoms with Crippen LogP contribution in [-0.2, 0) is 13.1 Å². The SMILES string of the molecule is COc1ccc(CN(C)C(=O)c2nnn(Cc3nsnc3C)c2C)cc1. The molecule has 0 aliphatic rings. The molecule has 3 aromatic rings. The Morgan fingerprint density at radius 1 is 1.23 bits per heavy atom. The molecule has 0 radical (unpaired) electrons. The van der Waals surface area contributed by atoms with Crippen LogP contribution in [-0.4, -0.2) is 48.7 Å². The lowest BCUT2D eigenvalue weighted by Gasteiger charge is -2.16. The monoisotopic (exact) mass is 372 g/mol. The van der Waals surface area contributed by atoms with Crippen LogP contribution in [0.25, 0.3) is 0 Å². The van der Waals surface area contributed by atoms with Gasteiger partial charge in [-0.15, -0.1) is 5.10 Å². The number of hydrogen-bond acceptors (Lipinski definition) is 7. The minimum atomic E-state index is -0.169. The number of carbonyl (C=O) groups is 1. The first kappa shape index (κ1) is 18.0. The molecule has 9 heteroatoms. The second kappa shape index (κ2) is 7.61. The van der Waals surface area contributed by atoms with Gasteiger partial charge in [-0.05, 0) is 31.5 Å². The van der Waals surface area contributed by atoms with Crippen molar-refractivity contribution < 1.29 is 9.53 Å². The normalized spacial score (nSPS) is 10.8. The number of benzene rings is 1. The zero-order chi connectivity index (χ0) is 18.7. The average Bonchev–Trinajstić information content (AvgIpc) is 3.21. The standard InChI is InChI=1S/C17H20N6O2S/c1-11-15(20-26-19-11)10-23-12(2)16(18-21-23)17(24)22(3)9-13-5-7-14(25-4)8-6-13/h5-8H,9-10H2,1-4H3. The van der Waals surface area contributed by atoms with E-state index in [9.17, 15) is 4.79 Å². The Morgan fingerprint density at radius 3 is 2.58 bits per heavy atom. The van der Waals surface area contributed by atoms with E-state index < -0.39 is 0 Å². The summed E-state index contributed by atoms with van der Waals surface area (Å²) in [4.78, 5) is 14.4. The van der Waals surface area contributed by atoms with Gasteiger partial charge in [0.15, 0.2) is 5.69 Å². The fraction of sp³-hybridized carbons (Fsp3) is 0.353. The zero-order valence-corrected chi connectivity index (χ0v) is 15.9. The molecule has 0 unspecified atom stereocenters. The first-order valence-corrected chi connectivity index (χ1v) is 8.79. The Balaban J connectivity index is 1.71. The third-order valence-corrected chi connectivity index (χ3v) is 4.81. The average molecular weight is 372 g/mol. The summed E-state index contributed by atoms with van der Waals surface area (Å²) in [5, 5.41) is 8.18. The van der Waals surface area contributed by atoms with E-state index in [1.165, 1.54) is 11.7 Å². The van der Waals surface area contributed by atoms with Crippen molar-refractivity contribution in [3.8, 4) is 5.75 Å². The summed E-state index contributed by atoms with van der Waals surface area (Å²) in [6.45, 7) is 4.67. The molecular formula is C17H20N6O2S. The van der Waals surface area contributed by atoms with Crippen LogP contribution >= 0.6 is 11.7 Å². The molecule has 26 heavy (non-hydrogen) atoms. The highest BCUT2D eigenvalue weighted by atomic mass is 32.1. The number of methoxy groups -OCH3 is 1. The maximum absolute atomic E-state index is 12.7. The lowest BCUT2D eigenvalue weighted by molar-refractivity contribution is 0.0778. The van der Waals surface area contributed by atoms with Gasteiger partial charge >= 0.3 is 0 Å². The zero-order valence-electron chi connectivity index (χ0n) is 15.1. The van der Waals surface area contributed by atoms with Crippen molar-refractivity contribution in [2.75, 3.05) is 14.2 Å². The maximum atomic E-state index is 12.7. The largest absolute Gasteiger partial charge is 0.497 e. The molecule has 1 aromatic carbocycles. The topological polar surface area (TPSA) is 86.0 Å². The van der Waals surface area contributed by atoms with Gasteiger partial charge in [0.2, 0.25) is 0 Å². The van der Waals surface area contributed by atoms with Crippen molar-refractivity contribution in [1.82, 2.24) is 28.6 Å². The summed E-state index contributed by atoms with van der Waals surface area (Å²) in [6.07, 6.45) is 0. The predicted molar refractivity (Wildman–Crippen MR) is 97.3 cm³/mol. The highest BCUT2D eigenvalue weighted by Crippen LogP contribution is 2.15. The third-order valence-electron chi connectivity index (χ3n) is 4.16. The maximum Gasteiger partial charge on any atom is 0.276 e. The molecule has 0 saturated heterocycles. The molecule has 0 bridgehead atoms. The molecule has 0 atom stereocenters. The van der Waals surface area contributed by atoms with E-state index in [0.717, 1.165) is 22.7 Å². The van der Waals surface area contributed by atoms with Gasteiger partial charge in [-0.1, -0.05) is 17.3 Å². The van der Waals surface area contributed by atoms with Gasteiger partial charge in [0.25, 0.3) is 5.91 Å². The van der Waals surface area contributed by atoms with Gasteiger partial charge in [0.1, 0.15) is 5.75 Å². The highest BCUT2D eigenvalue weighted by Gasteiger charge is 2.21. The third kappa shape index (κ3) is 3.72. The first-order valence-electron chi connectivity index (χ1n) is 8.06. The lowest BCUT2D eigenvalue weighted by atomic mass is 10.2. The second-order valence-corrected chi connectivity index (χ2v) is 6.52. The smallest absolute Gasteiger partial charge is 0.276 e. The van der Waals surface area contributed by atoms with Crippen LogP contribution in [0, 0.1) is 13.8 Å². The van der Waals surface area contributed by atoms with Gasteiger partial charge in [-0.25, -0.2) is 4.68 Å². The predicted octanol–water partition coefficient (Wildman–Crippen LogP) is 2.08. The first-order chi connectivity index (χ1) is 12.5. The minimum absolute atomic E-state index is 0.169. The molecule has 3 rings (SSSR count). The van der Waals surface area contributed by atoms with Gasteiger partial charge in [-0.2, -0.15) is 8.75 Å². The molecule has 0 aliphatic heterocycles. The number of aryl methyl sites for hydroxylation is 1. The van der Waals surface area contributed by atoms with Crippen molar-refractivity contribution >= 4 is 17.6 Å². The van der Waals surface area contributed by atoms with E-state index in [1.54, 1.807) is 23.7 Å². The Bertz CT molecular complexity index is 902. The molecular weight excluding hydrogens is 352 g/mol. The van der Waals surface area contributed by atoms with Crippen molar-refractivity contribution in [3.05, 3.63) is 52.6 Å². The molecule has 1 amide bonds. The summed E-state index contributed by atoms with van der Waals surface area (Å²) in [5.74, 6) is 0.617. The Hall–Kier alpha value is -2.81. The fourth-order valence-corrected chi connectivity index (χ4v) is 3.06. The van der Waals surface area contributed by atoms with E-state index in [4.69, 9.17) is 4.74 Å². The lowest BCUT2D eigenvalue weighted by Crippen LogP contribution is -2.27. The van der Waals surface area contributed by atoms with E-state index >= 15 is 0 Å². The van der Waals surface area contributed by atoms with E-state index in [-0.39, 0.29) is 5.91 Å². The molecule has 0 N–H and O–H groups in total. The Morgan fingerprint density at radius 2 is 1.96 bits per heavy atom. The summed E-state index contributed by atoms with van der Waals surface area (Å²) in [6, 6.07) is 7.62. The second-order valence-electron chi connectivity index (χ2n) is 5.99. The number of rotatable bonds is 6.